The van der Waals surface area contributed by atoms with E-state index in [1.165, 1.54) is 0 Å². The molecular weight excluding hydrogens is 289 g/mol. The van der Waals surface area contributed by atoms with Gasteiger partial charge >= 0.3 is 0 Å². The number of aryl methyl sites for hydroxylation is 1. The van der Waals surface area contributed by atoms with Crippen LogP contribution < -0.4 is 4.74 Å². The third-order valence-electron chi connectivity index (χ3n) is 2.24. The van der Waals surface area contributed by atoms with E-state index >= 15 is 0 Å². The largest absolute Gasteiger partial charge is 0.428 e. The molecule has 72 valence electrons. The Bertz CT molecular complexity index is 480. The number of hydrogen-bond donors (Lipinski definition) is 0. The van der Waals surface area contributed by atoms with Gasteiger partial charge in [-0.3, -0.25) is 4.79 Å². The van der Waals surface area contributed by atoms with Gasteiger partial charge in [0, 0.05) is 32.7 Å². The summed E-state index contributed by atoms with van der Waals surface area (Å²) in [4.78, 5) is 10.3. The fraction of sp³-hybridized carbons (Fsp3) is 0.0833. The van der Waals surface area contributed by atoms with E-state index in [9.17, 15) is 4.79 Å². The first kappa shape index (κ1) is 12.2. The fourth-order valence-corrected chi connectivity index (χ4v) is 1.56. The van der Waals surface area contributed by atoms with Gasteiger partial charge in [-0.25, -0.2) is 0 Å². The molecule has 0 aliphatic heterocycles. The summed E-state index contributed by atoms with van der Waals surface area (Å²) in [5, 5.41) is 2.05. The first-order valence-electron chi connectivity index (χ1n) is 4.41. The van der Waals surface area contributed by atoms with Crippen LogP contribution in [-0.2, 0) is 32.1 Å². The number of hydrogen-bond acceptors (Lipinski definition) is 2. The number of carbonyl (C=O) groups is 1. The van der Waals surface area contributed by atoms with E-state index in [0.717, 1.165) is 16.3 Å². The Hall–Kier alpha value is -0.908. The summed E-state index contributed by atoms with van der Waals surface area (Å²) < 4.78 is 4.97. The van der Waals surface area contributed by atoms with Gasteiger partial charge in [0.1, 0.15) is 5.75 Å². The van der Waals surface area contributed by atoms with Crippen LogP contribution in [0.3, 0.4) is 0 Å². The number of ether oxygens (including phenoxy) is 1. The molecule has 0 atom stereocenters. The van der Waals surface area contributed by atoms with Crippen LogP contribution in [0.5, 0.6) is 5.75 Å². The van der Waals surface area contributed by atoms with Crippen molar-refractivity contribution in [3.05, 3.63) is 42.0 Å². The van der Waals surface area contributed by atoms with Crippen molar-refractivity contribution >= 4 is 17.2 Å². The third-order valence-corrected chi connectivity index (χ3v) is 2.24. The third kappa shape index (κ3) is 2.37. The van der Waals surface area contributed by atoms with Crippen LogP contribution in [0.1, 0.15) is 5.56 Å². The Morgan fingerprint density at radius 3 is 2.60 bits per heavy atom. The molecule has 2 rings (SSSR count). The SMILES string of the molecule is Cc1ccc2ccccc2c1OC=O.[Cd]. The monoisotopic (exact) mass is 300 g/mol. The summed E-state index contributed by atoms with van der Waals surface area (Å²) in [7, 11) is 0. The van der Waals surface area contributed by atoms with E-state index in [1.54, 1.807) is 0 Å². The zero-order chi connectivity index (χ0) is 9.97. The smallest absolute Gasteiger partial charge is 0.298 e. The second kappa shape index (κ2) is 5.25. The van der Waals surface area contributed by atoms with Crippen molar-refractivity contribution in [1.82, 2.24) is 0 Å². The molecule has 2 aromatic carbocycles. The molecule has 0 spiro atoms. The van der Waals surface area contributed by atoms with Gasteiger partial charge in [0.05, 0.1) is 0 Å². The molecule has 0 heterocycles. The normalized spacial score (nSPS) is 9.40. The first-order valence-corrected chi connectivity index (χ1v) is 4.41. The molecule has 0 saturated carbocycles. The van der Waals surface area contributed by atoms with E-state index in [-0.39, 0.29) is 27.3 Å². The molecule has 2 nitrogen and oxygen atoms in total. The van der Waals surface area contributed by atoms with Crippen LogP contribution in [0.2, 0.25) is 0 Å². The zero-order valence-corrected chi connectivity index (χ0v) is 12.6. The molecule has 2 aromatic rings. The van der Waals surface area contributed by atoms with Crippen molar-refractivity contribution in [3.63, 3.8) is 0 Å². The van der Waals surface area contributed by atoms with Gasteiger partial charge in [-0.05, 0) is 17.9 Å². The minimum absolute atomic E-state index is 0. The van der Waals surface area contributed by atoms with E-state index in [1.807, 2.05) is 43.3 Å². The van der Waals surface area contributed by atoms with Gasteiger partial charge in [-0.2, -0.15) is 0 Å². The summed E-state index contributed by atoms with van der Waals surface area (Å²) in [6.07, 6.45) is 0. The molecular formula is C12H10CdO2. The first-order chi connectivity index (χ1) is 6.83. The molecule has 15 heavy (non-hydrogen) atoms. The van der Waals surface area contributed by atoms with Crippen LogP contribution in [0.15, 0.2) is 36.4 Å². The van der Waals surface area contributed by atoms with Crippen molar-refractivity contribution in [2.45, 2.75) is 6.92 Å². The number of fused-ring (bicyclic) bond motifs is 1. The van der Waals surface area contributed by atoms with Crippen LogP contribution in [0.4, 0.5) is 0 Å². The predicted molar refractivity (Wildman–Crippen MR) is 55.4 cm³/mol. The Kier molecular flexibility index (Phi) is 4.26. The minimum atomic E-state index is 0. The molecule has 0 aliphatic carbocycles. The zero-order valence-electron chi connectivity index (χ0n) is 8.57. The molecule has 0 unspecified atom stereocenters. The van der Waals surface area contributed by atoms with E-state index < -0.39 is 0 Å². The summed E-state index contributed by atoms with van der Waals surface area (Å²) in [6, 6.07) is 11.8. The maximum atomic E-state index is 10.3. The van der Waals surface area contributed by atoms with Crippen molar-refractivity contribution in [2.24, 2.45) is 0 Å². The van der Waals surface area contributed by atoms with Crippen molar-refractivity contribution < 1.29 is 36.8 Å². The maximum absolute atomic E-state index is 10.3. The van der Waals surface area contributed by atoms with E-state index in [4.69, 9.17) is 4.74 Å². The molecule has 0 N–H and O–H groups in total. The number of carbonyl (C=O) groups excluding carboxylic acids is 1. The molecule has 0 amide bonds. The Balaban J connectivity index is 0.00000112. The van der Waals surface area contributed by atoms with Crippen LogP contribution in [-0.4, -0.2) is 6.47 Å². The maximum Gasteiger partial charge on any atom is 0.298 e. The second-order valence-corrected chi connectivity index (χ2v) is 3.15. The Morgan fingerprint density at radius 2 is 1.87 bits per heavy atom. The number of rotatable bonds is 2. The summed E-state index contributed by atoms with van der Waals surface area (Å²) in [5.74, 6) is 0.651. The van der Waals surface area contributed by atoms with Crippen molar-refractivity contribution in [1.29, 1.82) is 0 Å². The van der Waals surface area contributed by atoms with Crippen LogP contribution >= 0.6 is 0 Å². The molecule has 0 saturated heterocycles. The quantitative estimate of drug-likeness (QED) is 0.629. The van der Waals surface area contributed by atoms with Gasteiger partial charge < -0.3 is 4.74 Å². The topological polar surface area (TPSA) is 26.3 Å². The van der Waals surface area contributed by atoms with Gasteiger partial charge in [0.25, 0.3) is 6.47 Å². The van der Waals surface area contributed by atoms with Crippen LogP contribution in [0.25, 0.3) is 10.8 Å². The summed E-state index contributed by atoms with van der Waals surface area (Å²) >= 11 is 0. The Labute approximate surface area is 108 Å². The molecule has 0 aromatic heterocycles. The van der Waals surface area contributed by atoms with Crippen molar-refractivity contribution in [2.75, 3.05) is 0 Å². The van der Waals surface area contributed by atoms with Crippen LogP contribution in [0, 0.1) is 6.92 Å². The van der Waals surface area contributed by atoms with Gasteiger partial charge in [-0.1, -0.05) is 36.4 Å². The van der Waals surface area contributed by atoms with Crippen molar-refractivity contribution in [3.8, 4) is 5.75 Å². The van der Waals surface area contributed by atoms with Gasteiger partial charge in [0.15, 0.2) is 0 Å². The molecule has 0 fully saturated rings. The molecule has 3 heteroatoms. The Morgan fingerprint density at radius 1 is 1.13 bits per heavy atom. The fourth-order valence-electron chi connectivity index (χ4n) is 1.56. The second-order valence-electron chi connectivity index (χ2n) is 3.15. The standard InChI is InChI=1S/C12H10O2.Cd/c1-9-6-7-10-4-2-3-5-11(10)12(9)14-8-13;/h2-8H,1H3;. The predicted octanol–water partition coefficient (Wildman–Crippen LogP) is 2.68. The minimum Gasteiger partial charge on any atom is -0.428 e. The molecule has 0 aliphatic rings. The summed E-state index contributed by atoms with van der Waals surface area (Å²) in [6.45, 7) is 2.39. The van der Waals surface area contributed by atoms with Gasteiger partial charge in [-0.15, -0.1) is 0 Å². The molecule has 0 bridgehead atoms. The number of benzene rings is 2. The average molecular weight is 299 g/mol. The average Bonchev–Trinajstić information content (AvgIpc) is 2.23. The summed E-state index contributed by atoms with van der Waals surface area (Å²) in [5.41, 5.74) is 0.968. The molecule has 0 radical (unpaired) electrons. The van der Waals surface area contributed by atoms with E-state index in [0.29, 0.717) is 12.2 Å². The van der Waals surface area contributed by atoms with Gasteiger partial charge in [0.2, 0.25) is 0 Å². The van der Waals surface area contributed by atoms with E-state index in [2.05, 4.69) is 0 Å².